The zero-order valence-electron chi connectivity index (χ0n) is 11.1. The molecule has 0 aliphatic carbocycles. The second kappa shape index (κ2) is 5.27. The van der Waals surface area contributed by atoms with E-state index in [2.05, 4.69) is 24.1 Å². The summed E-state index contributed by atoms with van der Waals surface area (Å²) in [5, 5.41) is 4.59. The van der Waals surface area contributed by atoms with Gasteiger partial charge in [-0.2, -0.15) is 0 Å². The Morgan fingerprint density at radius 3 is 2.44 bits per heavy atom. The van der Waals surface area contributed by atoms with E-state index in [1.807, 2.05) is 6.92 Å². The Bertz CT molecular complexity index is 508. The van der Waals surface area contributed by atoms with E-state index in [4.69, 9.17) is 0 Å². The van der Waals surface area contributed by atoms with Gasteiger partial charge in [0.15, 0.2) is 0 Å². The van der Waals surface area contributed by atoms with Crippen LogP contribution < -0.4 is 5.32 Å². The predicted octanol–water partition coefficient (Wildman–Crippen LogP) is 1.99. The van der Waals surface area contributed by atoms with Gasteiger partial charge in [0.25, 0.3) is 0 Å². The molecule has 4 nitrogen and oxygen atoms in total. The smallest absolute Gasteiger partial charge is 0.150 e. The van der Waals surface area contributed by atoms with Gasteiger partial charge in [-0.25, -0.2) is 13.4 Å². The molecule has 1 unspecified atom stereocenters. The Kier molecular flexibility index (Phi) is 4.08. The van der Waals surface area contributed by atoms with Crippen molar-refractivity contribution in [2.45, 2.75) is 45.7 Å². The van der Waals surface area contributed by atoms with Gasteiger partial charge < -0.3 is 5.32 Å². The molecule has 0 bridgehead atoms. The van der Waals surface area contributed by atoms with Crippen molar-refractivity contribution in [3.05, 3.63) is 15.6 Å². The molecule has 0 radical (unpaired) electrons. The van der Waals surface area contributed by atoms with Crippen LogP contribution in [0.25, 0.3) is 0 Å². The average molecular weight is 288 g/mol. The van der Waals surface area contributed by atoms with Gasteiger partial charge in [0, 0.05) is 17.0 Å². The molecule has 0 aromatic carbocycles. The summed E-state index contributed by atoms with van der Waals surface area (Å²) in [4.78, 5) is 5.79. The van der Waals surface area contributed by atoms with Crippen LogP contribution >= 0.6 is 11.3 Å². The van der Waals surface area contributed by atoms with E-state index < -0.39 is 9.84 Å². The second-order valence-electron chi connectivity index (χ2n) is 4.99. The molecule has 0 amide bonds. The second-order valence-corrected chi connectivity index (χ2v) is 8.70. The minimum Gasteiger partial charge on any atom is -0.306 e. The maximum Gasteiger partial charge on any atom is 0.150 e. The van der Waals surface area contributed by atoms with Gasteiger partial charge in [-0.3, -0.25) is 0 Å². The van der Waals surface area contributed by atoms with Gasteiger partial charge in [-0.1, -0.05) is 0 Å². The van der Waals surface area contributed by atoms with E-state index >= 15 is 0 Å². The Hall–Kier alpha value is -0.460. The predicted molar refractivity (Wildman–Crippen MR) is 74.8 cm³/mol. The molecule has 1 aromatic heterocycles. The molecule has 2 rings (SSSR count). The third kappa shape index (κ3) is 3.30. The third-order valence-electron chi connectivity index (χ3n) is 3.39. The van der Waals surface area contributed by atoms with E-state index in [0.29, 0.717) is 17.5 Å². The summed E-state index contributed by atoms with van der Waals surface area (Å²) in [7, 11) is -2.77. The van der Waals surface area contributed by atoms with E-state index in [-0.39, 0.29) is 6.04 Å². The molecule has 1 aliphatic rings. The van der Waals surface area contributed by atoms with Crippen molar-refractivity contribution in [3.8, 4) is 0 Å². The molecular formula is C12H20N2O2S2. The van der Waals surface area contributed by atoms with Gasteiger partial charge in [0.2, 0.25) is 0 Å². The third-order valence-corrected chi connectivity index (χ3v) is 6.01. The Labute approximate surface area is 113 Å². The van der Waals surface area contributed by atoms with E-state index in [1.165, 1.54) is 4.88 Å². The molecule has 1 fully saturated rings. The van der Waals surface area contributed by atoms with Crippen molar-refractivity contribution < 1.29 is 8.42 Å². The first kappa shape index (κ1) is 14.0. The Balaban J connectivity index is 1.96. The van der Waals surface area contributed by atoms with E-state index in [1.54, 1.807) is 11.3 Å². The molecule has 1 atom stereocenters. The van der Waals surface area contributed by atoms with Gasteiger partial charge in [0.05, 0.1) is 22.2 Å². The number of thiazole rings is 1. The molecule has 1 aromatic rings. The molecule has 0 spiro atoms. The van der Waals surface area contributed by atoms with Gasteiger partial charge in [-0.15, -0.1) is 11.3 Å². The quantitative estimate of drug-likeness (QED) is 0.924. The summed E-state index contributed by atoms with van der Waals surface area (Å²) in [6.07, 6.45) is 1.43. The summed E-state index contributed by atoms with van der Waals surface area (Å²) >= 11 is 1.71. The fourth-order valence-corrected chi connectivity index (χ4v) is 4.84. The van der Waals surface area contributed by atoms with Crippen molar-refractivity contribution in [1.29, 1.82) is 0 Å². The molecule has 1 saturated heterocycles. The van der Waals surface area contributed by atoms with Crippen molar-refractivity contribution in [2.75, 3.05) is 11.5 Å². The van der Waals surface area contributed by atoms with Crippen LogP contribution in [-0.2, 0) is 9.84 Å². The highest BCUT2D eigenvalue weighted by atomic mass is 32.2. The maximum absolute atomic E-state index is 11.4. The number of nitrogens with zero attached hydrogens (tertiary/aromatic N) is 1. The molecule has 18 heavy (non-hydrogen) atoms. The Morgan fingerprint density at radius 1 is 1.33 bits per heavy atom. The normalized spacial score (nSPS) is 21.9. The fourth-order valence-electron chi connectivity index (χ4n) is 2.44. The SMILES string of the molecule is Cc1nc(C(C)NC2CCS(=O)(=O)CC2)c(C)s1. The summed E-state index contributed by atoms with van der Waals surface area (Å²) in [5.41, 5.74) is 1.10. The van der Waals surface area contributed by atoms with Crippen molar-refractivity contribution in [3.63, 3.8) is 0 Å². The Morgan fingerprint density at radius 2 is 1.94 bits per heavy atom. The molecule has 6 heteroatoms. The highest BCUT2D eigenvalue weighted by Gasteiger charge is 2.25. The first-order valence-corrected chi connectivity index (χ1v) is 8.91. The minimum atomic E-state index is -2.77. The molecule has 102 valence electrons. The van der Waals surface area contributed by atoms with Gasteiger partial charge in [0.1, 0.15) is 9.84 Å². The van der Waals surface area contributed by atoms with Crippen molar-refractivity contribution in [2.24, 2.45) is 0 Å². The lowest BCUT2D eigenvalue weighted by atomic mass is 10.1. The summed E-state index contributed by atoms with van der Waals surface area (Å²) in [6.45, 7) is 6.20. The van der Waals surface area contributed by atoms with Gasteiger partial charge >= 0.3 is 0 Å². The lowest BCUT2D eigenvalue weighted by molar-refractivity contribution is 0.415. The lowest BCUT2D eigenvalue weighted by Gasteiger charge is -2.26. The first-order chi connectivity index (χ1) is 8.37. The van der Waals surface area contributed by atoms with Crippen LogP contribution in [-0.4, -0.2) is 30.9 Å². The monoisotopic (exact) mass is 288 g/mol. The first-order valence-electron chi connectivity index (χ1n) is 6.28. The van der Waals surface area contributed by atoms with Crippen molar-refractivity contribution in [1.82, 2.24) is 10.3 Å². The van der Waals surface area contributed by atoms with Crippen LogP contribution in [0.5, 0.6) is 0 Å². The van der Waals surface area contributed by atoms with Crippen LogP contribution in [0.1, 0.15) is 41.4 Å². The van der Waals surface area contributed by atoms with Crippen LogP contribution in [0.15, 0.2) is 0 Å². The van der Waals surface area contributed by atoms with Gasteiger partial charge in [-0.05, 0) is 33.6 Å². The van der Waals surface area contributed by atoms with E-state index in [9.17, 15) is 8.42 Å². The highest BCUT2D eigenvalue weighted by Crippen LogP contribution is 2.24. The maximum atomic E-state index is 11.4. The zero-order chi connectivity index (χ0) is 13.3. The number of rotatable bonds is 3. The molecular weight excluding hydrogens is 268 g/mol. The fraction of sp³-hybridized carbons (Fsp3) is 0.750. The van der Waals surface area contributed by atoms with Crippen molar-refractivity contribution >= 4 is 21.2 Å². The van der Waals surface area contributed by atoms with Crippen LogP contribution in [0, 0.1) is 13.8 Å². The molecule has 0 saturated carbocycles. The molecule has 2 heterocycles. The standard InChI is InChI=1S/C12H20N2O2S2/c1-8(12-9(2)17-10(3)14-12)13-11-4-6-18(15,16)7-5-11/h8,11,13H,4-7H2,1-3H3. The largest absolute Gasteiger partial charge is 0.306 e. The van der Waals surface area contributed by atoms with Crippen LogP contribution in [0.3, 0.4) is 0 Å². The number of aryl methyl sites for hydroxylation is 2. The highest BCUT2D eigenvalue weighted by molar-refractivity contribution is 7.91. The minimum absolute atomic E-state index is 0.195. The molecule has 1 N–H and O–H groups in total. The molecule has 1 aliphatic heterocycles. The summed E-state index contributed by atoms with van der Waals surface area (Å²) < 4.78 is 22.7. The average Bonchev–Trinajstić information content (AvgIpc) is 2.61. The number of sulfone groups is 1. The number of hydrogen-bond acceptors (Lipinski definition) is 5. The number of aromatic nitrogens is 1. The number of hydrogen-bond donors (Lipinski definition) is 1. The summed E-state index contributed by atoms with van der Waals surface area (Å²) in [5.74, 6) is 0.624. The lowest BCUT2D eigenvalue weighted by Crippen LogP contribution is -2.39. The topological polar surface area (TPSA) is 59.1 Å². The summed E-state index contributed by atoms with van der Waals surface area (Å²) in [6, 6.07) is 0.491. The van der Waals surface area contributed by atoms with Crippen LogP contribution in [0.2, 0.25) is 0 Å². The number of nitrogens with one attached hydrogen (secondary N) is 1. The zero-order valence-corrected chi connectivity index (χ0v) is 12.7. The van der Waals surface area contributed by atoms with Crippen LogP contribution in [0.4, 0.5) is 0 Å². The van der Waals surface area contributed by atoms with E-state index in [0.717, 1.165) is 23.5 Å².